The second-order valence-electron chi connectivity index (χ2n) is 9.75. The lowest BCUT2D eigenvalue weighted by molar-refractivity contribution is 0.0669. The molecule has 1 saturated heterocycles. The molecule has 0 N–H and O–H groups in total. The van der Waals surface area contributed by atoms with Gasteiger partial charge in [0.15, 0.2) is 23.1 Å². The normalized spacial score (nSPS) is 15.9. The Morgan fingerprint density at radius 3 is 2.21 bits per heavy atom. The summed E-state index contributed by atoms with van der Waals surface area (Å²) < 4.78 is 52.9. The van der Waals surface area contributed by atoms with Crippen molar-refractivity contribution in [2.45, 2.75) is 25.2 Å². The molecule has 0 unspecified atom stereocenters. The number of hydrogen-bond donors (Lipinski definition) is 0. The molecule has 0 aromatic heterocycles. The Bertz CT molecular complexity index is 1430. The van der Waals surface area contributed by atoms with E-state index < -0.39 is 34.3 Å². The number of fused-ring (bicyclic) bond motifs is 2. The largest absolute Gasteiger partial charge is 0.493 e. The number of anilines is 1. The van der Waals surface area contributed by atoms with E-state index in [-0.39, 0.29) is 12.5 Å². The van der Waals surface area contributed by atoms with Gasteiger partial charge in [0, 0.05) is 42.4 Å². The van der Waals surface area contributed by atoms with E-state index in [9.17, 15) is 22.8 Å². The van der Waals surface area contributed by atoms with Crippen LogP contribution in [0.15, 0.2) is 48.5 Å². The van der Waals surface area contributed by atoms with Crippen LogP contribution in [0.5, 0.6) is 11.5 Å². The number of hydrogen-bond acceptors (Lipinski definition) is 4. The SMILES string of the molecule is COc1cc(C)c(C(=O)N2CCC3(CC2)CN(C(=O)c2cc(F)cc(F)c2F)c2ccccc23)cc1OC. The number of ether oxygens (including phenoxy) is 2. The molecule has 5 rings (SSSR count). The summed E-state index contributed by atoms with van der Waals surface area (Å²) >= 11 is 0. The van der Waals surface area contributed by atoms with Crippen molar-refractivity contribution in [3.8, 4) is 11.5 Å². The lowest BCUT2D eigenvalue weighted by atomic mass is 9.74. The third kappa shape index (κ3) is 4.15. The first-order valence-electron chi connectivity index (χ1n) is 12.3. The number of para-hydroxylation sites is 1. The Morgan fingerprint density at radius 1 is 0.868 bits per heavy atom. The number of methoxy groups -OCH3 is 2. The van der Waals surface area contributed by atoms with Gasteiger partial charge in [0.05, 0.1) is 19.8 Å². The first-order valence-corrected chi connectivity index (χ1v) is 12.3. The fourth-order valence-corrected chi connectivity index (χ4v) is 5.62. The maximum atomic E-state index is 14.5. The highest BCUT2D eigenvalue weighted by molar-refractivity contribution is 6.08. The molecule has 0 bridgehead atoms. The molecule has 0 atom stereocenters. The number of nitrogens with zero attached hydrogens (tertiary/aromatic N) is 2. The fraction of sp³-hybridized carbons (Fsp3) is 0.310. The number of aryl methyl sites for hydroxylation is 1. The number of benzene rings is 3. The van der Waals surface area contributed by atoms with E-state index in [1.807, 2.05) is 19.1 Å². The summed E-state index contributed by atoms with van der Waals surface area (Å²) in [7, 11) is 3.05. The van der Waals surface area contributed by atoms with Crippen LogP contribution in [-0.4, -0.2) is 50.6 Å². The van der Waals surface area contributed by atoms with E-state index in [0.29, 0.717) is 54.7 Å². The van der Waals surface area contributed by atoms with Crippen LogP contribution in [0.1, 0.15) is 44.7 Å². The van der Waals surface area contributed by atoms with Crippen molar-refractivity contribution in [3.05, 3.63) is 88.2 Å². The quantitative estimate of drug-likeness (QED) is 0.437. The van der Waals surface area contributed by atoms with Gasteiger partial charge in [0.25, 0.3) is 11.8 Å². The van der Waals surface area contributed by atoms with Crippen LogP contribution in [0.3, 0.4) is 0 Å². The van der Waals surface area contributed by atoms with Crippen LogP contribution in [0.25, 0.3) is 0 Å². The van der Waals surface area contributed by atoms with Crippen molar-refractivity contribution >= 4 is 17.5 Å². The molecule has 0 saturated carbocycles. The molecule has 1 spiro atoms. The number of halogens is 3. The summed E-state index contributed by atoms with van der Waals surface area (Å²) in [6.45, 7) is 2.93. The first kappa shape index (κ1) is 25.6. The molecule has 2 aliphatic heterocycles. The van der Waals surface area contributed by atoms with Crippen molar-refractivity contribution < 1.29 is 32.2 Å². The van der Waals surface area contributed by atoms with Gasteiger partial charge in [-0.05, 0) is 55.2 Å². The molecular weight excluding hydrogens is 497 g/mol. The van der Waals surface area contributed by atoms with Gasteiger partial charge in [-0.25, -0.2) is 13.2 Å². The predicted molar refractivity (Wildman–Crippen MR) is 136 cm³/mol. The maximum Gasteiger partial charge on any atom is 0.261 e. The average molecular weight is 525 g/mol. The Morgan fingerprint density at radius 2 is 1.53 bits per heavy atom. The van der Waals surface area contributed by atoms with Crippen molar-refractivity contribution in [2.24, 2.45) is 0 Å². The van der Waals surface area contributed by atoms with E-state index in [2.05, 4.69) is 0 Å². The fourth-order valence-electron chi connectivity index (χ4n) is 5.62. The van der Waals surface area contributed by atoms with Crippen LogP contribution < -0.4 is 14.4 Å². The molecule has 2 aliphatic rings. The molecule has 6 nitrogen and oxygen atoms in total. The molecule has 3 aromatic carbocycles. The smallest absolute Gasteiger partial charge is 0.261 e. The average Bonchev–Trinajstić information content (AvgIpc) is 3.24. The zero-order chi connectivity index (χ0) is 27.2. The minimum atomic E-state index is -1.41. The molecule has 2 amide bonds. The minimum absolute atomic E-state index is 0.130. The molecule has 198 valence electrons. The zero-order valence-corrected chi connectivity index (χ0v) is 21.3. The van der Waals surface area contributed by atoms with E-state index in [1.165, 1.54) is 19.1 Å². The zero-order valence-electron chi connectivity index (χ0n) is 21.3. The Hall–Kier alpha value is -4.01. The summed E-state index contributed by atoms with van der Waals surface area (Å²) in [5.41, 5.74) is 1.65. The van der Waals surface area contributed by atoms with Crippen LogP contribution in [0.4, 0.5) is 18.9 Å². The lowest BCUT2D eigenvalue weighted by Crippen LogP contribution is -2.48. The number of likely N-dealkylation sites (tertiary alicyclic amines) is 1. The number of rotatable bonds is 4. The van der Waals surface area contributed by atoms with Crippen LogP contribution in [0.2, 0.25) is 0 Å². The highest BCUT2D eigenvalue weighted by atomic mass is 19.2. The monoisotopic (exact) mass is 524 g/mol. The summed E-state index contributed by atoms with van der Waals surface area (Å²) in [5.74, 6) is -3.73. The standard InChI is InChI=1S/C29H27F3N2O4/c1-17-12-24(37-2)25(38-3)15-19(17)27(35)33-10-8-29(9-11-33)16-34(23-7-5-4-6-21(23)29)28(36)20-13-18(30)14-22(31)26(20)32/h4-7,12-15H,8-11,16H2,1-3H3. The summed E-state index contributed by atoms with van der Waals surface area (Å²) in [5, 5.41) is 0. The van der Waals surface area contributed by atoms with Gasteiger partial charge in [-0.1, -0.05) is 18.2 Å². The minimum Gasteiger partial charge on any atom is -0.493 e. The highest BCUT2D eigenvalue weighted by Crippen LogP contribution is 2.47. The maximum absolute atomic E-state index is 14.5. The Labute approximate surface area is 218 Å². The van der Waals surface area contributed by atoms with Crippen LogP contribution in [-0.2, 0) is 5.41 Å². The van der Waals surface area contributed by atoms with Gasteiger partial charge in [-0.2, -0.15) is 0 Å². The van der Waals surface area contributed by atoms with Crippen molar-refractivity contribution in [3.63, 3.8) is 0 Å². The topological polar surface area (TPSA) is 59.1 Å². The molecule has 0 radical (unpaired) electrons. The van der Waals surface area contributed by atoms with Crippen LogP contribution in [0, 0.1) is 24.4 Å². The molecule has 9 heteroatoms. The predicted octanol–water partition coefficient (Wildman–Crippen LogP) is 5.26. The Kier molecular flexibility index (Phi) is 6.54. The van der Waals surface area contributed by atoms with Crippen LogP contribution >= 0.6 is 0 Å². The van der Waals surface area contributed by atoms with Gasteiger partial charge in [0.1, 0.15) is 5.82 Å². The van der Waals surface area contributed by atoms with Crippen molar-refractivity contribution in [2.75, 3.05) is 38.8 Å². The number of piperidine rings is 1. The van der Waals surface area contributed by atoms with Gasteiger partial charge >= 0.3 is 0 Å². The van der Waals surface area contributed by atoms with E-state index >= 15 is 0 Å². The molecule has 1 fully saturated rings. The van der Waals surface area contributed by atoms with E-state index in [4.69, 9.17) is 9.47 Å². The number of carbonyl (C=O) groups excluding carboxylic acids is 2. The second-order valence-corrected chi connectivity index (χ2v) is 9.75. The van der Waals surface area contributed by atoms with Crippen molar-refractivity contribution in [1.29, 1.82) is 0 Å². The van der Waals surface area contributed by atoms with Gasteiger partial charge < -0.3 is 19.3 Å². The highest BCUT2D eigenvalue weighted by Gasteiger charge is 2.47. The van der Waals surface area contributed by atoms with Gasteiger partial charge in [-0.3, -0.25) is 9.59 Å². The van der Waals surface area contributed by atoms with Gasteiger partial charge in [0.2, 0.25) is 0 Å². The first-order chi connectivity index (χ1) is 18.2. The molecule has 0 aliphatic carbocycles. The number of carbonyl (C=O) groups is 2. The third-order valence-electron chi connectivity index (χ3n) is 7.66. The summed E-state index contributed by atoms with van der Waals surface area (Å²) in [6, 6.07) is 11.9. The third-order valence-corrected chi connectivity index (χ3v) is 7.66. The van der Waals surface area contributed by atoms with Gasteiger partial charge in [-0.15, -0.1) is 0 Å². The molecule has 2 heterocycles. The molecular formula is C29H27F3N2O4. The Balaban J connectivity index is 1.40. The van der Waals surface area contributed by atoms with E-state index in [1.54, 1.807) is 29.2 Å². The van der Waals surface area contributed by atoms with Crippen molar-refractivity contribution in [1.82, 2.24) is 4.90 Å². The second kappa shape index (κ2) is 9.70. The van der Waals surface area contributed by atoms with E-state index in [0.717, 1.165) is 17.2 Å². The molecule has 3 aromatic rings. The lowest BCUT2D eigenvalue weighted by Gasteiger charge is -2.40. The summed E-state index contributed by atoms with van der Waals surface area (Å²) in [6.07, 6.45) is 1.12. The summed E-state index contributed by atoms with van der Waals surface area (Å²) in [4.78, 5) is 29.9. The molecule has 38 heavy (non-hydrogen) atoms. The number of amides is 2.